The van der Waals surface area contributed by atoms with E-state index in [1.165, 1.54) is 20.3 Å². The second kappa shape index (κ2) is 9.56. The van der Waals surface area contributed by atoms with Crippen molar-refractivity contribution in [1.29, 1.82) is 0 Å². The normalized spacial score (nSPS) is 17.1. The molecule has 1 N–H and O–H groups in total. The number of nitrogens with zero attached hydrogens (tertiary/aromatic N) is 1. The average molecular weight is 520 g/mol. The quantitative estimate of drug-likeness (QED) is 0.257. The maximum atomic E-state index is 14.8. The van der Waals surface area contributed by atoms with E-state index in [-0.39, 0.29) is 32.7 Å². The summed E-state index contributed by atoms with van der Waals surface area (Å²) in [6.07, 6.45) is 0. The summed E-state index contributed by atoms with van der Waals surface area (Å²) in [7, 11) is 2.61. The maximum Gasteiger partial charge on any atom is 0.300 e. The van der Waals surface area contributed by atoms with Crippen LogP contribution in [0.15, 0.2) is 60.2 Å². The number of carbonyl (C=O) groups excluding carboxylic acids is 2. The van der Waals surface area contributed by atoms with Crippen LogP contribution in [0.4, 0.5) is 14.5 Å². The fourth-order valence-electron chi connectivity index (χ4n) is 3.99. The molecular formula is C25H17Cl2F2NO5. The molecule has 180 valence electrons. The molecule has 1 fully saturated rings. The summed E-state index contributed by atoms with van der Waals surface area (Å²) in [6.45, 7) is 0. The molecule has 0 saturated carbocycles. The van der Waals surface area contributed by atoms with Gasteiger partial charge in [0.15, 0.2) is 11.5 Å². The molecule has 1 amide bonds. The van der Waals surface area contributed by atoms with Crippen molar-refractivity contribution in [2.45, 2.75) is 6.04 Å². The number of anilines is 1. The van der Waals surface area contributed by atoms with Crippen molar-refractivity contribution in [3.05, 3.63) is 93.0 Å². The number of hydrogen-bond acceptors (Lipinski definition) is 5. The number of amides is 1. The predicted octanol–water partition coefficient (Wildman–Crippen LogP) is 5.92. The minimum atomic E-state index is -1.29. The molecule has 0 bridgehead atoms. The highest BCUT2D eigenvalue weighted by Gasteiger charge is 2.48. The van der Waals surface area contributed by atoms with Gasteiger partial charge in [-0.3, -0.25) is 14.5 Å². The van der Waals surface area contributed by atoms with Crippen LogP contribution in [0.2, 0.25) is 10.0 Å². The molecular weight excluding hydrogens is 503 g/mol. The molecule has 1 saturated heterocycles. The lowest BCUT2D eigenvalue weighted by Gasteiger charge is -2.26. The molecule has 10 heteroatoms. The Morgan fingerprint density at radius 3 is 2.26 bits per heavy atom. The van der Waals surface area contributed by atoms with Crippen LogP contribution in [0, 0.1) is 11.6 Å². The first-order chi connectivity index (χ1) is 16.7. The minimum absolute atomic E-state index is 0.00140. The van der Waals surface area contributed by atoms with Gasteiger partial charge in [-0.25, -0.2) is 8.78 Å². The molecule has 6 nitrogen and oxygen atoms in total. The van der Waals surface area contributed by atoms with Gasteiger partial charge in [-0.2, -0.15) is 0 Å². The Balaban J connectivity index is 2.04. The number of ether oxygens (including phenoxy) is 2. The van der Waals surface area contributed by atoms with Gasteiger partial charge in [-0.15, -0.1) is 0 Å². The van der Waals surface area contributed by atoms with Crippen LogP contribution in [0.1, 0.15) is 17.2 Å². The van der Waals surface area contributed by atoms with Crippen LogP contribution in [-0.4, -0.2) is 31.0 Å². The summed E-state index contributed by atoms with van der Waals surface area (Å²) in [5, 5.41) is 11.3. The number of aliphatic hydroxyl groups excluding tert-OH is 1. The lowest BCUT2D eigenvalue weighted by atomic mass is 9.94. The molecule has 1 aliphatic heterocycles. The third-order valence-electron chi connectivity index (χ3n) is 5.52. The highest BCUT2D eigenvalue weighted by molar-refractivity contribution is 6.52. The van der Waals surface area contributed by atoms with Crippen molar-refractivity contribution < 1.29 is 33.0 Å². The third-order valence-corrected chi connectivity index (χ3v) is 6.15. The zero-order valence-corrected chi connectivity index (χ0v) is 19.8. The number of carbonyl (C=O) groups is 2. The first-order valence-corrected chi connectivity index (χ1v) is 10.9. The number of rotatable bonds is 5. The number of benzene rings is 3. The van der Waals surface area contributed by atoms with E-state index in [9.17, 15) is 23.5 Å². The summed E-state index contributed by atoms with van der Waals surface area (Å²) in [6, 6.07) is 10.6. The molecule has 0 aromatic heterocycles. The topological polar surface area (TPSA) is 76.1 Å². The van der Waals surface area contributed by atoms with E-state index in [0.717, 1.165) is 23.1 Å². The maximum absolute atomic E-state index is 14.8. The SMILES string of the molecule is COc1c(Cl)cc(/C(O)=C2\C(=O)C(=O)N(c3cc(F)ccc3F)C2c2ccccc2)c(OC)c1Cl. The smallest absolute Gasteiger partial charge is 0.300 e. The van der Waals surface area contributed by atoms with E-state index in [2.05, 4.69) is 0 Å². The van der Waals surface area contributed by atoms with Crippen molar-refractivity contribution in [3.8, 4) is 11.5 Å². The standard InChI is InChI=1S/C25H17Cl2F2NO5/c1-34-23-14(11-15(26)24(35-2)19(23)27)21(31)18-20(12-6-4-3-5-7-12)30(25(33)22(18)32)17-10-13(28)8-9-16(17)29/h3-11,20,31H,1-2H3/b21-18+. The molecule has 3 aromatic carbocycles. The minimum Gasteiger partial charge on any atom is -0.507 e. The first-order valence-electron chi connectivity index (χ1n) is 10.1. The van der Waals surface area contributed by atoms with Crippen molar-refractivity contribution in [2.24, 2.45) is 0 Å². The highest BCUT2D eigenvalue weighted by atomic mass is 35.5. The lowest BCUT2D eigenvalue weighted by molar-refractivity contribution is -0.132. The van der Waals surface area contributed by atoms with Gasteiger partial charge in [0.2, 0.25) is 0 Å². The Morgan fingerprint density at radius 2 is 1.63 bits per heavy atom. The van der Waals surface area contributed by atoms with Gasteiger partial charge < -0.3 is 14.6 Å². The number of Topliss-reactive ketones (excluding diaryl/α,β-unsaturated/α-hetero) is 1. The van der Waals surface area contributed by atoms with Crippen LogP contribution in [0.5, 0.6) is 11.5 Å². The van der Waals surface area contributed by atoms with Gasteiger partial charge in [0.25, 0.3) is 11.7 Å². The van der Waals surface area contributed by atoms with Gasteiger partial charge in [0, 0.05) is 6.07 Å². The summed E-state index contributed by atoms with van der Waals surface area (Å²) in [5.41, 5.74) is -0.582. The fraction of sp³-hybridized carbons (Fsp3) is 0.120. The van der Waals surface area contributed by atoms with Crippen LogP contribution in [-0.2, 0) is 9.59 Å². The Hall–Kier alpha value is -3.62. The molecule has 0 radical (unpaired) electrons. The Bertz CT molecular complexity index is 1380. The number of methoxy groups -OCH3 is 2. The number of halogens is 4. The van der Waals surface area contributed by atoms with Gasteiger partial charge in [0.1, 0.15) is 22.4 Å². The van der Waals surface area contributed by atoms with Gasteiger partial charge in [-0.1, -0.05) is 53.5 Å². The second-order valence-corrected chi connectivity index (χ2v) is 8.25. The van der Waals surface area contributed by atoms with Crippen molar-refractivity contribution >= 4 is 46.3 Å². The number of ketones is 1. The van der Waals surface area contributed by atoms with Crippen molar-refractivity contribution in [2.75, 3.05) is 19.1 Å². The number of aliphatic hydroxyl groups is 1. The summed E-state index contributed by atoms with van der Waals surface area (Å²) < 4.78 is 39.3. The van der Waals surface area contributed by atoms with E-state index in [1.807, 2.05) is 0 Å². The Morgan fingerprint density at radius 1 is 0.971 bits per heavy atom. The van der Waals surface area contributed by atoms with Gasteiger partial charge in [-0.05, 0) is 23.8 Å². The van der Waals surface area contributed by atoms with E-state index >= 15 is 0 Å². The van der Waals surface area contributed by atoms with Gasteiger partial charge in [0.05, 0.1) is 42.1 Å². The Kier molecular flexibility index (Phi) is 6.69. The molecule has 0 aliphatic carbocycles. The van der Waals surface area contributed by atoms with Crippen molar-refractivity contribution in [1.82, 2.24) is 0 Å². The van der Waals surface area contributed by atoms with E-state index in [0.29, 0.717) is 5.56 Å². The average Bonchev–Trinajstić information content (AvgIpc) is 3.11. The summed E-state index contributed by atoms with van der Waals surface area (Å²) >= 11 is 12.6. The van der Waals surface area contributed by atoms with Gasteiger partial charge >= 0.3 is 0 Å². The molecule has 1 unspecified atom stereocenters. The predicted molar refractivity (Wildman–Crippen MR) is 127 cm³/mol. The second-order valence-electron chi connectivity index (χ2n) is 7.46. The molecule has 3 aromatic rings. The molecule has 1 aliphatic rings. The fourth-order valence-corrected chi connectivity index (χ4v) is 4.68. The summed E-state index contributed by atoms with van der Waals surface area (Å²) in [5.74, 6) is -4.68. The molecule has 1 atom stereocenters. The van der Waals surface area contributed by atoms with E-state index in [4.69, 9.17) is 32.7 Å². The third kappa shape index (κ3) is 4.09. The summed E-state index contributed by atoms with van der Waals surface area (Å²) in [4.78, 5) is 27.2. The van der Waals surface area contributed by atoms with Crippen molar-refractivity contribution in [3.63, 3.8) is 0 Å². The van der Waals surface area contributed by atoms with E-state index in [1.54, 1.807) is 30.3 Å². The lowest BCUT2D eigenvalue weighted by Crippen LogP contribution is -2.30. The van der Waals surface area contributed by atoms with Crippen LogP contribution < -0.4 is 14.4 Å². The zero-order chi connectivity index (χ0) is 25.4. The molecule has 0 spiro atoms. The first kappa shape index (κ1) is 24.5. The zero-order valence-electron chi connectivity index (χ0n) is 18.3. The van der Waals surface area contributed by atoms with Crippen LogP contribution in [0.3, 0.4) is 0 Å². The number of hydrogen-bond donors (Lipinski definition) is 1. The molecule has 1 heterocycles. The van der Waals surface area contributed by atoms with Crippen LogP contribution >= 0.6 is 23.2 Å². The monoisotopic (exact) mass is 519 g/mol. The Labute approximate surface area is 208 Å². The van der Waals surface area contributed by atoms with E-state index < -0.39 is 40.8 Å². The molecule has 4 rings (SSSR count). The largest absolute Gasteiger partial charge is 0.507 e. The van der Waals surface area contributed by atoms with Crippen LogP contribution in [0.25, 0.3) is 5.76 Å². The highest BCUT2D eigenvalue weighted by Crippen LogP contribution is 2.48. The molecule has 35 heavy (non-hydrogen) atoms.